The molecule has 33 heavy (non-hydrogen) atoms. The average Bonchev–Trinajstić information content (AvgIpc) is 3.38. The summed E-state index contributed by atoms with van der Waals surface area (Å²) in [6, 6.07) is 14.4. The summed E-state index contributed by atoms with van der Waals surface area (Å²) in [5.41, 5.74) is 4.68. The van der Waals surface area contributed by atoms with Crippen molar-refractivity contribution in [3.8, 4) is 5.75 Å². The van der Waals surface area contributed by atoms with E-state index >= 15 is 0 Å². The molecule has 166 valence electrons. The van der Waals surface area contributed by atoms with Gasteiger partial charge < -0.3 is 9.30 Å². The number of aryl methyl sites for hydroxylation is 3. The van der Waals surface area contributed by atoms with Gasteiger partial charge in [0, 0.05) is 35.4 Å². The number of benzene rings is 2. The lowest BCUT2D eigenvalue weighted by Crippen LogP contribution is -2.35. The smallest absolute Gasteiger partial charge is 0.283 e. The quantitative estimate of drug-likeness (QED) is 0.393. The highest BCUT2D eigenvalue weighted by Crippen LogP contribution is 2.29. The molecule has 0 saturated heterocycles. The van der Waals surface area contributed by atoms with E-state index in [1.54, 1.807) is 17.2 Å². The number of fused-ring (bicyclic) bond motifs is 2. The van der Waals surface area contributed by atoms with Gasteiger partial charge in [-0.2, -0.15) is 4.99 Å². The Labute approximate surface area is 196 Å². The molecular formula is C26H24N4O2S. The van der Waals surface area contributed by atoms with E-state index in [0.29, 0.717) is 17.3 Å². The number of thioether (sulfide) groups is 1. The van der Waals surface area contributed by atoms with Crippen LogP contribution in [0.5, 0.6) is 5.75 Å². The molecule has 6 nitrogen and oxygen atoms in total. The normalized spacial score (nSPS) is 16.6. The molecule has 0 spiro atoms. The Bertz CT molecular complexity index is 1350. The Balaban J connectivity index is 1.36. The van der Waals surface area contributed by atoms with Crippen molar-refractivity contribution in [1.82, 2.24) is 9.47 Å². The van der Waals surface area contributed by atoms with Crippen molar-refractivity contribution in [3.05, 3.63) is 82.5 Å². The Morgan fingerprint density at radius 2 is 1.94 bits per heavy atom. The number of nitrogens with one attached hydrogen (secondary N) is 1. The van der Waals surface area contributed by atoms with E-state index in [1.165, 1.54) is 22.9 Å². The highest BCUT2D eigenvalue weighted by molar-refractivity contribution is 8.16. The van der Waals surface area contributed by atoms with Crippen molar-refractivity contribution in [1.29, 1.82) is 5.41 Å². The van der Waals surface area contributed by atoms with E-state index in [2.05, 4.69) is 47.7 Å². The highest BCUT2D eigenvalue weighted by Gasteiger charge is 2.31. The van der Waals surface area contributed by atoms with Crippen LogP contribution in [0, 0.1) is 19.3 Å². The third-order valence-corrected chi connectivity index (χ3v) is 6.40. The Morgan fingerprint density at radius 3 is 2.76 bits per heavy atom. The molecule has 0 radical (unpaired) electrons. The molecule has 5 rings (SSSR count). The van der Waals surface area contributed by atoms with Gasteiger partial charge in [0.2, 0.25) is 0 Å². The number of hydrogen-bond donors (Lipinski definition) is 1. The summed E-state index contributed by atoms with van der Waals surface area (Å²) in [4.78, 5) is 18.4. The van der Waals surface area contributed by atoms with Crippen molar-refractivity contribution in [2.75, 3.05) is 6.61 Å². The van der Waals surface area contributed by atoms with Crippen LogP contribution in [-0.4, -0.2) is 33.0 Å². The monoisotopic (exact) mass is 456 g/mol. The number of hydrogen-bond acceptors (Lipinski definition) is 4. The lowest BCUT2D eigenvalue weighted by atomic mass is 10.1. The molecular weight excluding hydrogens is 432 g/mol. The van der Waals surface area contributed by atoms with Gasteiger partial charge in [-0.15, -0.1) is 0 Å². The molecule has 0 saturated carbocycles. The first-order valence-corrected chi connectivity index (χ1v) is 11.7. The van der Waals surface area contributed by atoms with Crippen LogP contribution in [0.2, 0.25) is 0 Å². The fraction of sp³-hybridized carbons (Fsp3) is 0.192. The maximum absolute atomic E-state index is 12.6. The second kappa shape index (κ2) is 8.75. The fourth-order valence-corrected chi connectivity index (χ4v) is 4.91. The lowest BCUT2D eigenvalue weighted by molar-refractivity contribution is -0.114. The van der Waals surface area contributed by atoms with Crippen LogP contribution in [0.25, 0.3) is 17.0 Å². The molecule has 3 aromatic rings. The molecule has 2 aromatic carbocycles. The maximum atomic E-state index is 12.6. The second-order valence-corrected chi connectivity index (χ2v) is 9.07. The molecule has 0 atom stereocenters. The van der Waals surface area contributed by atoms with E-state index < -0.39 is 0 Å². The maximum Gasteiger partial charge on any atom is 0.283 e. The van der Waals surface area contributed by atoms with Gasteiger partial charge in [0.1, 0.15) is 11.6 Å². The van der Waals surface area contributed by atoms with Gasteiger partial charge in [0.05, 0.1) is 12.2 Å². The largest absolute Gasteiger partial charge is 0.494 e. The highest BCUT2D eigenvalue weighted by atomic mass is 32.2. The summed E-state index contributed by atoms with van der Waals surface area (Å²) in [6.45, 7) is 5.55. The summed E-state index contributed by atoms with van der Waals surface area (Å²) in [5, 5.41) is 11.9. The van der Waals surface area contributed by atoms with Gasteiger partial charge in [-0.1, -0.05) is 36.0 Å². The van der Waals surface area contributed by atoms with Crippen molar-refractivity contribution in [2.24, 2.45) is 4.99 Å². The summed E-state index contributed by atoms with van der Waals surface area (Å²) in [6.07, 6.45) is 6.44. The Hall–Kier alpha value is -3.58. The molecule has 2 aliphatic heterocycles. The van der Waals surface area contributed by atoms with E-state index in [1.807, 2.05) is 29.8 Å². The second-order valence-electron chi connectivity index (χ2n) is 8.20. The molecule has 7 heteroatoms. The summed E-state index contributed by atoms with van der Waals surface area (Å²) < 4.78 is 8.16. The van der Waals surface area contributed by atoms with Gasteiger partial charge in [-0.25, -0.2) is 0 Å². The van der Waals surface area contributed by atoms with E-state index in [9.17, 15) is 4.79 Å². The van der Waals surface area contributed by atoms with Crippen molar-refractivity contribution in [2.45, 2.75) is 26.8 Å². The van der Waals surface area contributed by atoms with Gasteiger partial charge in [-0.3, -0.25) is 15.1 Å². The van der Waals surface area contributed by atoms with Gasteiger partial charge in [0.25, 0.3) is 5.91 Å². The number of amidine groups is 2. The first kappa shape index (κ1) is 21.3. The van der Waals surface area contributed by atoms with Gasteiger partial charge >= 0.3 is 0 Å². The summed E-state index contributed by atoms with van der Waals surface area (Å²) in [5.74, 6) is 0.685. The molecule has 0 unspecified atom stereocenters. The first-order chi connectivity index (χ1) is 16.0. The van der Waals surface area contributed by atoms with Crippen molar-refractivity contribution < 1.29 is 9.53 Å². The number of ether oxygens (including phenoxy) is 1. The number of carbonyl (C=O) groups is 1. The average molecular weight is 457 g/mol. The molecule has 1 aromatic heterocycles. The zero-order valence-corrected chi connectivity index (χ0v) is 19.4. The molecule has 1 N–H and O–H groups in total. The first-order valence-electron chi connectivity index (χ1n) is 10.8. The Kier molecular flexibility index (Phi) is 5.64. The molecule has 0 fully saturated rings. The number of nitrogens with zero attached hydrogens (tertiary/aromatic N) is 3. The number of aliphatic imine (C=N–C) groups is 1. The topological polar surface area (TPSA) is 70.7 Å². The number of aromatic nitrogens is 1. The van der Waals surface area contributed by atoms with Crippen LogP contribution < -0.4 is 4.74 Å². The van der Waals surface area contributed by atoms with E-state index in [0.717, 1.165) is 35.2 Å². The minimum atomic E-state index is -0.374. The van der Waals surface area contributed by atoms with Crippen LogP contribution in [-0.2, 0) is 11.3 Å². The number of carbonyl (C=O) groups excluding carboxylic acids is 1. The fourth-order valence-electron chi connectivity index (χ4n) is 4.20. The van der Waals surface area contributed by atoms with Gasteiger partial charge in [-0.05, 0) is 61.1 Å². The number of para-hydroxylation sites is 1. The minimum absolute atomic E-state index is 0.157. The predicted molar refractivity (Wildman–Crippen MR) is 135 cm³/mol. The zero-order valence-electron chi connectivity index (χ0n) is 18.5. The zero-order chi connectivity index (χ0) is 22.9. The Morgan fingerprint density at radius 1 is 1.15 bits per heavy atom. The van der Waals surface area contributed by atoms with Crippen molar-refractivity contribution >= 4 is 45.7 Å². The van der Waals surface area contributed by atoms with Gasteiger partial charge in [0.15, 0.2) is 5.17 Å². The predicted octanol–water partition coefficient (Wildman–Crippen LogP) is 5.50. The number of amides is 1. The molecule has 0 aliphatic carbocycles. The summed E-state index contributed by atoms with van der Waals surface area (Å²) >= 11 is 1.35. The molecule has 3 heterocycles. The van der Waals surface area contributed by atoms with Crippen LogP contribution in [0.1, 0.15) is 23.1 Å². The SMILES string of the molecule is Cc1cc(C)cc(OCCCn2cc(C=C3C(=N)N4C=CSC4=NC3=O)c3ccccc32)c1. The van der Waals surface area contributed by atoms with Crippen LogP contribution >= 0.6 is 11.8 Å². The van der Waals surface area contributed by atoms with Crippen LogP contribution in [0.15, 0.2) is 70.8 Å². The van der Waals surface area contributed by atoms with Crippen LogP contribution in [0.4, 0.5) is 0 Å². The standard InChI is InChI=1S/C26H24N4O2S/c1-17-12-18(2)14-20(13-17)32-10-5-8-29-16-19(21-6-3-4-7-23(21)29)15-22-24(27)30-9-11-33-26(30)28-25(22)31/h3-4,6-7,9,11-16,27H,5,8,10H2,1-2H3. The third-order valence-electron chi connectivity index (χ3n) is 5.64. The molecule has 1 amide bonds. The lowest BCUT2D eigenvalue weighted by Gasteiger charge is -2.22. The summed E-state index contributed by atoms with van der Waals surface area (Å²) in [7, 11) is 0. The molecule has 0 bridgehead atoms. The third kappa shape index (κ3) is 4.24. The minimum Gasteiger partial charge on any atom is -0.494 e. The molecule has 2 aliphatic rings. The number of rotatable bonds is 6. The van der Waals surface area contributed by atoms with E-state index in [-0.39, 0.29) is 11.7 Å². The van der Waals surface area contributed by atoms with E-state index in [4.69, 9.17) is 10.1 Å². The van der Waals surface area contributed by atoms with Crippen LogP contribution in [0.3, 0.4) is 0 Å². The van der Waals surface area contributed by atoms with Crippen molar-refractivity contribution in [3.63, 3.8) is 0 Å².